The molecule has 0 unspecified atom stereocenters. The second kappa shape index (κ2) is 7.98. The number of rotatable bonds is 6. The molecule has 0 aromatic heterocycles. The summed E-state index contributed by atoms with van der Waals surface area (Å²) in [7, 11) is 0. The number of nitrogens with one attached hydrogen (secondary N) is 1. The third-order valence-electron chi connectivity index (χ3n) is 3.14. The van der Waals surface area contributed by atoms with Crippen molar-refractivity contribution < 1.29 is 14.3 Å². The Labute approximate surface area is 130 Å². The average Bonchev–Trinajstić information content (AvgIpc) is 2.54. The van der Waals surface area contributed by atoms with Gasteiger partial charge in [0, 0.05) is 13.0 Å². The summed E-state index contributed by atoms with van der Waals surface area (Å²) in [6.45, 7) is 2.43. The van der Waals surface area contributed by atoms with Crippen molar-refractivity contribution in [3.63, 3.8) is 0 Å². The van der Waals surface area contributed by atoms with E-state index in [-0.39, 0.29) is 18.7 Å². The van der Waals surface area contributed by atoms with Gasteiger partial charge in [0.2, 0.25) is 5.91 Å². The van der Waals surface area contributed by atoms with Crippen molar-refractivity contribution in [3.05, 3.63) is 65.7 Å². The number of benzene rings is 2. The number of ether oxygens (including phenoxy) is 1. The van der Waals surface area contributed by atoms with Crippen molar-refractivity contribution in [1.29, 1.82) is 0 Å². The van der Waals surface area contributed by atoms with Crippen LogP contribution in [0.4, 0.5) is 0 Å². The number of carbonyl (C=O) groups excluding carboxylic acids is 2. The molecule has 22 heavy (non-hydrogen) atoms. The van der Waals surface area contributed by atoms with E-state index >= 15 is 0 Å². The van der Waals surface area contributed by atoms with E-state index in [0.717, 1.165) is 11.1 Å². The quantitative estimate of drug-likeness (QED) is 0.658. The number of aryl methyl sites for hydroxylation is 1. The van der Waals surface area contributed by atoms with Gasteiger partial charge in [-0.05, 0) is 24.6 Å². The van der Waals surface area contributed by atoms with Gasteiger partial charge >= 0.3 is 5.97 Å². The van der Waals surface area contributed by atoms with Gasteiger partial charge in [-0.2, -0.15) is 0 Å². The summed E-state index contributed by atoms with van der Waals surface area (Å²) in [5.74, 6) is -0.0660. The summed E-state index contributed by atoms with van der Waals surface area (Å²) in [5.41, 5.74) is 2.12. The highest BCUT2D eigenvalue weighted by Gasteiger charge is 2.09. The highest BCUT2D eigenvalue weighted by molar-refractivity contribution is 5.82. The summed E-state index contributed by atoms with van der Waals surface area (Å²) < 4.78 is 5.16. The van der Waals surface area contributed by atoms with Crippen molar-refractivity contribution >= 4 is 11.9 Å². The lowest BCUT2D eigenvalue weighted by molar-refractivity contribution is -0.136. The van der Waals surface area contributed by atoms with E-state index in [4.69, 9.17) is 4.74 Å². The summed E-state index contributed by atoms with van der Waals surface area (Å²) in [6, 6.07) is 16.8. The molecular formula is C18H19NO3. The molecular weight excluding hydrogens is 278 g/mol. The molecule has 4 nitrogen and oxygen atoms in total. The molecule has 0 heterocycles. The van der Waals surface area contributed by atoms with Crippen LogP contribution in [0.3, 0.4) is 0 Å². The molecule has 0 fully saturated rings. The van der Waals surface area contributed by atoms with Crippen molar-refractivity contribution in [2.45, 2.75) is 26.3 Å². The number of hydrogen-bond acceptors (Lipinski definition) is 3. The average molecular weight is 297 g/mol. The molecule has 0 atom stereocenters. The topological polar surface area (TPSA) is 55.4 Å². The highest BCUT2D eigenvalue weighted by Crippen LogP contribution is 2.12. The zero-order valence-corrected chi connectivity index (χ0v) is 12.5. The van der Waals surface area contributed by atoms with E-state index in [1.807, 2.05) is 49.4 Å². The van der Waals surface area contributed by atoms with E-state index in [1.54, 1.807) is 12.1 Å². The van der Waals surface area contributed by atoms with Crippen LogP contribution in [0.25, 0.3) is 0 Å². The number of carbonyl (C=O) groups is 2. The first-order valence-electron chi connectivity index (χ1n) is 7.21. The summed E-state index contributed by atoms with van der Waals surface area (Å²) >= 11 is 0. The third-order valence-corrected chi connectivity index (χ3v) is 3.14. The molecule has 114 valence electrons. The lowest BCUT2D eigenvalue weighted by atomic mass is 10.2. The monoisotopic (exact) mass is 297 g/mol. The molecule has 0 saturated carbocycles. The Morgan fingerprint density at radius 1 is 0.955 bits per heavy atom. The molecule has 2 rings (SSSR count). The Hall–Kier alpha value is -2.62. The number of esters is 1. The van der Waals surface area contributed by atoms with Crippen LogP contribution in [0.2, 0.25) is 0 Å². The van der Waals surface area contributed by atoms with Crippen molar-refractivity contribution in [2.24, 2.45) is 0 Å². The molecule has 2 aromatic rings. The molecule has 0 radical (unpaired) electrons. The second-order valence-corrected chi connectivity index (χ2v) is 5.05. The number of amides is 1. The third kappa shape index (κ3) is 5.40. The Morgan fingerprint density at radius 3 is 2.32 bits per heavy atom. The van der Waals surface area contributed by atoms with Gasteiger partial charge in [0.15, 0.2) is 0 Å². The van der Waals surface area contributed by atoms with Crippen LogP contribution < -0.4 is 10.1 Å². The van der Waals surface area contributed by atoms with Crippen LogP contribution in [-0.4, -0.2) is 11.9 Å². The zero-order chi connectivity index (χ0) is 15.8. The maximum atomic E-state index is 11.7. The van der Waals surface area contributed by atoms with Crippen molar-refractivity contribution in [1.82, 2.24) is 5.32 Å². The Kier molecular flexibility index (Phi) is 5.72. The molecule has 0 bridgehead atoms. The normalized spacial score (nSPS) is 10.0. The van der Waals surface area contributed by atoms with Gasteiger partial charge in [-0.3, -0.25) is 9.59 Å². The molecule has 1 N–H and O–H groups in total. The Bertz CT molecular complexity index is 621. The minimum atomic E-state index is -0.404. The zero-order valence-electron chi connectivity index (χ0n) is 12.5. The van der Waals surface area contributed by atoms with Crippen LogP contribution in [0.5, 0.6) is 5.75 Å². The molecule has 0 aliphatic rings. The minimum absolute atomic E-state index is 0.0640. The van der Waals surface area contributed by atoms with E-state index in [9.17, 15) is 9.59 Å². The maximum absolute atomic E-state index is 11.7. The molecule has 2 aromatic carbocycles. The maximum Gasteiger partial charge on any atom is 0.311 e. The molecule has 4 heteroatoms. The Morgan fingerprint density at radius 2 is 1.64 bits per heavy atom. The second-order valence-electron chi connectivity index (χ2n) is 5.05. The van der Waals surface area contributed by atoms with Gasteiger partial charge in [0.05, 0.1) is 6.42 Å². The predicted octanol–water partition coefficient (Wildman–Crippen LogP) is 3.00. The van der Waals surface area contributed by atoms with Crippen molar-refractivity contribution in [2.75, 3.05) is 0 Å². The first-order chi connectivity index (χ1) is 10.6. The van der Waals surface area contributed by atoms with E-state index in [1.165, 1.54) is 0 Å². The fourth-order valence-corrected chi connectivity index (χ4v) is 1.89. The lowest BCUT2D eigenvalue weighted by Gasteiger charge is -2.06. The fraction of sp³-hybridized carbons (Fsp3) is 0.222. The molecule has 0 aliphatic heterocycles. The van der Waals surface area contributed by atoms with Gasteiger partial charge in [-0.1, -0.05) is 48.0 Å². The predicted molar refractivity (Wildman–Crippen MR) is 84.3 cm³/mol. The molecule has 0 saturated heterocycles. The van der Waals surface area contributed by atoms with Gasteiger partial charge in [0.25, 0.3) is 0 Å². The summed E-state index contributed by atoms with van der Waals surface area (Å²) in [4.78, 5) is 23.4. The first kappa shape index (κ1) is 15.8. The van der Waals surface area contributed by atoms with Gasteiger partial charge in [-0.25, -0.2) is 0 Å². The van der Waals surface area contributed by atoms with E-state index in [0.29, 0.717) is 12.3 Å². The fourth-order valence-electron chi connectivity index (χ4n) is 1.89. The standard InChI is InChI=1S/C18H19NO3/c1-14-7-9-16(10-8-14)22-18(21)12-11-17(20)19-13-15-5-3-2-4-6-15/h2-10H,11-13H2,1H3,(H,19,20). The van der Waals surface area contributed by atoms with Crippen molar-refractivity contribution in [3.8, 4) is 5.75 Å². The molecule has 0 aliphatic carbocycles. The van der Waals surface area contributed by atoms with Crippen LogP contribution in [0, 0.1) is 6.92 Å². The Balaban J connectivity index is 1.69. The van der Waals surface area contributed by atoms with Gasteiger partial charge in [0.1, 0.15) is 5.75 Å². The SMILES string of the molecule is Cc1ccc(OC(=O)CCC(=O)NCc2ccccc2)cc1. The number of hydrogen-bond donors (Lipinski definition) is 1. The van der Waals surface area contributed by atoms with E-state index in [2.05, 4.69) is 5.32 Å². The first-order valence-corrected chi connectivity index (χ1v) is 7.21. The summed E-state index contributed by atoms with van der Waals surface area (Å²) in [5, 5.41) is 2.78. The van der Waals surface area contributed by atoms with E-state index < -0.39 is 5.97 Å². The smallest absolute Gasteiger partial charge is 0.311 e. The van der Waals surface area contributed by atoms with Crippen LogP contribution >= 0.6 is 0 Å². The van der Waals surface area contributed by atoms with Gasteiger partial charge < -0.3 is 10.1 Å². The van der Waals surface area contributed by atoms with Crippen LogP contribution in [-0.2, 0) is 16.1 Å². The van der Waals surface area contributed by atoms with Gasteiger partial charge in [-0.15, -0.1) is 0 Å². The molecule has 1 amide bonds. The van der Waals surface area contributed by atoms with Crippen LogP contribution in [0.1, 0.15) is 24.0 Å². The summed E-state index contributed by atoms with van der Waals surface area (Å²) in [6.07, 6.45) is 0.187. The molecule has 0 spiro atoms. The lowest BCUT2D eigenvalue weighted by Crippen LogP contribution is -2.24. The van der Waals surface area contributed by atoms with Crippen LogP contribution in [0.15, 0.2) is 54.6 Å². The minimum Gasteiger partial charge on any atom is -0.427 e. The highest BCUT2D eigenvalue weighted by atomic mass is 16.5. The largest absolute Gasteiger partial charge is 0.427 e.